The number of ketones is 2. The summed E-state index contributed by atoms with van der Waals surface area (Å²) in [7, 11) is 0. The first kappa shape index (κ1) is 26.3. The lowest BCUT2D eigenvalue weighted by molar-refractivity contribution is -0.122. The van der Waals surface area contributed by atoms with E-state index in [9.17, 15) is 9.59 Å². The minimum Gasteiger partial charge on any atom is -0.294 e. The first-order valence-corrected chi connectivity index (χ1v) is 11.9. The van der Waals surface area contributed by atoms with E-state index in [1.54, 1.807) is 0 Å². The van der Waals surface area contributed by atoms with E-state index >= 15 is 0 Å². The fraction of sp³-hybridized carbons (Fsp3) is 0.600. The van der Waals surface area contributed by atoms with Crippen LogP contribution in [-0.4, -0.2) is 11.6 Å². The molecule has 0 heterocycles. The second-order valence-electron chi connectivity index (χ2n) is 13.7. The maximum absolute atomic E-state index is 13.2. The number of carbonyl (C=O) groups excluding carboxylic acids is 2. The standard InChI is InChI=1S/C30H44O2/c1-27(2,3)21-15-19(16-22(25(21)31)28(4,5)6)13-14-20-17-23(29(7,8)9)26(32)24(18-20)30(10,11)12/h13-18,21,23H,1-12H3/b14-13+. The monoisotopic (exact) mass is 436 g/mol. The minimum absolute atomic E-state index is 0.145. The Morgan fingerprint density at radius 1 is 0.562 bits per heavy atom. The van der Waals surface area contributed by atoms with Crippen LogP contribution in [0.2, 0.25) is 0 Å². The number of allylic oxidation sites excluding steroid dienone is 10. The molecule has 0 saturated carbocycles. The van der Waals surface area contributed by atoms with Gasteiger partial charge in [-0.1, -0.05) is 107 Å². The van der Waals surface area contributed by atoms with Gasteiger partial charge < -0.3 is 0 Å². The number of hydrogen-bond donors (Lipinski definition) is 0. The summed E-state index contributed by atoms with van der Waals surface area (Å²) in [6, 6.07) is 0. The van der Waals surface area contributed by atoms with Gasteiger partial charge >= 0.3 is 0 Å². The zero-order valence-electron chi connectivity index (χ0n) is 22.4. The van der Waals surface area contributed by atoms with Crippen molar-refractivity contribution in [3.63, 3.8) is 0 Å². The van der Waals surface area contributed by atoms with Crippen LogP contribution in [-0.2, 0) is 9.59 Å². The molecule has 2 aliphatic carbocycles. The first-order valence-electron chi connectivity index (χ1n) is 11.9. The molecule has 32 heavy (non-hydrogen) atoms. The van der Waals surface area contributed by atoms with E-state index in [1.165, 1.54) is 0 Å². The highest BCUT2D eigenvalue weighted by molar-refractivity contribution is 6.02. The lowest BCUT2D eigenvalue weighted by Gasteiger charge is -2.35. The molecule has 2 unspecified atom stereocenters. The lowest BCUT2D eigenvalue weighted by Crippen LogP contribution is -2.34. The molecule has 0 aromatic heterocycles. The van der Waals surface area contributed by atoms with E-state index in [0.29, 0.717) is 0 Å². The van der Waals surface area contributed by atoms with E-state index in [0.717, 1.165) is 22.3 Å². The Labute approximate surface area is 196 Å². The van der Waals surface area contributed by atoms with Crippen molar-refractivity contribution in [2.24, 2.45) is 33.5 Å². The maximum Gasteiger partial charge on any atom is 0.166 e. The van der Waals surface area contributed by atoms with E-state index < -0.39 is 0 Å². The average Bonchev–Trinajstić information content (AvgIpc) is 2.57. The third kappa shape index (κ3) is 5.88. The molecule has 0 amide bonds. The van der Waals surface area contributed by atoms with Gasteiger partial charge in [0.1, 0.15) is 0 Å². The molecule has 0 bridgehead atoms. The van der Waals surface area contributed by atoms with Gasteiger partial charge in [0.25, 0.3) is 0 Å². The Morgan fingerprint density at radius 2 is 0.844 bits per heavy atom. The van der Waals surface area contributed by atoms with Crippen LogP contribution < -0.4 is 0 Å². The van der Waals surface area contributed by atoms with Gasteiger partial charge in [-0.05, 0) is 45.0 Å². The van der Waals surface area contributed by atoms with E-state index in [-0.39, 0.29) is 45.1 Å². The normalized spacial score (nSPS) is 23.8. The number of rotatable bonds is 2. The van der Waals surface area contributed by atoms with Crippen LogP contribution in [0.3, 0.4) is 0 Å². The van der Waals surface area contributed by atoms with Crippen LogP contribution >= 0.6 is 0 Å². The van der Waals surface area contributed by atoms with Crippen molar-refractivity contribution in [1.29, 1.82) is 0 Å². The average molecular weight is 437 g/mol. The van der Waals surface area contributed by atoms with Crippen molar-refractivity contribution in [2.75, 3.05) is 0 Å². The van der Waals surface area contributed by atoms with Gasteiger partial charge in [-0.15, -0.1) is 0 Å². The summed E-state index contributed by atoms with van der Waals surface area (Å²) < 4.78 is 0. The molecule has 0 fully saturated rings. The second kappa shape index (κ2) is 8.43. The predicted molar refractivity (Wildman–Crippen MR) is 136 cm³/mol. The summed E-state index contributed by atoms with van der Waals surface area (Å²) in [5.41, 5.74) is 3.18. The molecule has 2 rings (SSSR count). The largest absolute Gasteiger partial charge is 0.294 e. The molecule has 2 aliphatic rings. The molecular formula is C30H44O2. The third-order valence-electron chi connectivity index (χ3n) is 6.39. The van der Waals surface area contributed by atoms with Crippen molar-refractivity contribution < 1.29 is 9.59 Å². The SMILES string of the molecule is CC(C)(C)C1=CC(/C=C/C2=CC(C(C)(C)C)C(=O)C(C(C)(C)C)=C2)=CC(C(C)(C)C)C1=O. The molecule has 0 aromatic rings. The highest BCUT2D eigenvalue weighted by atomic mass is 16.1. The lowest BCUT2D eigenvalue weighted by atomic mass is 9.68. The van der Waals surface area contributed by atoms with Crippen LogP contribution in [0.25, 0.3) is 0 Å². The summed E-state index contributed by atoms with van der Waals surface area (Å²) in [4.78, 5) is 26.4. The van der Waals surface area contributed by atoms with E-state index in [2.05, 4.69) is 107 Å². The topological polar surface area (TPSA) is 34.1 Å². The number of carbonyl (C=O) groups is 2. The maximum atomic E-state index is 13.2. The minimum atomic E-state index is -0.207. The smallest absolute Gasteiger partial charge is 0.166 e. The Kier molecular flexibility index (Phi) is 6.93. The fourth-order valence-corrected chi connectivity index (χ4v) is 4.30. The second-order valence-corrected chi connectivity index (χ2v) is 13.7. The molecule has 0 aliphatic heterocycles. The molecule has 0 N–H and O–H groups in total. The number of hydrogen-bond acceptors (Lipinski definition) is 2. The van der Waals surface area contributed by atoms with Crippen molar-refractivity contribution in [3.8, 4) is 0 Å². The van der Waals surface area contributed by atoms with Gasteiger partial charge in [0.05, 0.1) is 0 Å². The van der Waals surface area contributed by atoms with Crippen LogP contribution in [0.1, 0.15) is 83.1 Å². The van der Waals surface area contributed by atoms with Crippen LogP contribution in [0, 0.1) is 33.5 Å². The Hall–Kier alpha value is -1.96. The zero-order valence-corrected chi connectivity index (χ0v) is 22.4. The fourth-order valence-electron chi connectivity index (χ4n) is 4.30. The molecule has 2 heteroatoms. The van der Waals surface area contributed by atoms with Gasteiger partial charge in [0, 0.05) is 23.0 Å². The van der Waals surface area contributed by atoms with E-state index in [4.69, 9.17) is 0 Å². The highest BCUT2D eigenvalue weighted by Gasteiger charge is 2.38. The van der Waals surface area contributed by atoms with Gasteiger partial charge in [-0.3, -0.25) is 9.59 Å². The molecule has 0 radical (unpaired) electrons. The van der Waals surface area contributed by atoms with Gasteiger partial charge in [-0.2, -0.15) is 0 Å². The third-order valence-corrected chi connectivity index (χ3v) is 6.39. The zero-order chi connectivity index (χ0) is 24.9. The summed E-state index contributed by atoms with van der Waals surface area (Å²) >= 11 is 0. The molecule has 2 nitrogen and oxygen atoms in total. The van der Waals surface area contributed by atoms with Crippen molar-refractivity contribution >= 4 is 11.6 Å². The summed E-state index contributed by atoms with van der Waals surface area (Å²) in [5, 5.41) is 0. The van der Waals surface area contributed by atoms with E-state index in [1.807, 2.05) is 12.2 Å². The van der Waals surface area contributed by atoms with Gasteiger partial charge in [0.2, 0.25) is 0 Å². The molecule has 2 atom stereocenters. The van der Waals surface area contributed by atoms with Crippen LogP contribution in [0.15, 0.2) is 58.7 Å². The van der Waals surface area contributed by atoms with Crippen LogP contribution in [0.5, 0.6) is 0 Å². The quantitative estimate of drug-likeness (QED) is 0.442. The molecule has 0 saturated heterocycles. The first-order chi connectivity index (χ1) is 14.2. The highest BCUT2D eigenvalue weighted by Crippen LogP contribution is 2.41. The Morgan fingerprint density at radius 3 is 1.06 bits per heavy atom. The summed E-state index contributed by atoms with van der Waals surface area (Å²) in [6.07, 6.45) is 12.5. The summed E-state index contributed by atoms with van der Waals surface area (Å²) in [5.74, 6) is 0.164. The molecule has 0 aromatic carbocycles. The number of Topliss-reactive ketones (excluding diaryl/α,β-unsaturated/α-hetero) is 2. The Balaban J connectivity index is 2.55. The Bertz CT molecular complexity index is 855. The van der Waals surface area contributed by atoms with Crippen LogP contribution in [0.4, 0.5) is 0 Å². The molecule has 0 spiro atoms. The van der Waals surface area contributed by atoms with Gasteiger partial charge in [0.15, 0.2) is 11.6 Å². The predicted octanol–water partition coefficient (Wildman–Crippen LogP) is 7.83. The molecular weight excluding hydrogens is 392 g/mol. The van der Waals surface area contributed by atoms with Crippen molar-refractivity contribution in [2.45, 2.75) is 83.1 Å². The van der Waals surface area contributed by atoms with Crippen molar-refractivity contribution in [3.05, 3.63) is 58.7 Å². The summed E-state index contributed by atoms with van der Waals surface area (Å²) in [6.45, 7) is 25.4. The molecule has 176 valence electrons. The van der Waals surface area contributed by atoms with Gasteiger partial charge in [-0.25, -0.2) is 0 Å². The van der Waals surface area contributed by atoms with Crippen molar-refractivity contribution in [1.82, 2.24) is 0 Å².